The third-order valence-electron chi connectivity index (χ3n) is 6.13. The Bertz CT molecular complexity index is 1460. The molecule has 1 aromatic heterocycles. The molecular weight excluding hydrogens is 454 g/mol. The monoisotopic (exact) mass is 481 g/mol. The number of aryl methyl sites for hydroxylation is 1. The second-order valence-electron chi connectivity index (χ2n) is 8.69. The maximum Gasteiger partial charge on any atom is 0.248 e. The van der Waals surface area contributed by atoms with Gasteiger partial charge in [-0.3, -0.25) is 4.79 Å². The zero-order chi connectivity index (χ0) is 25.2. The van der Waals surface area contributed by atoms with Crippen LogP contribution in [-0.2, 0) is 11.4 Å². The molecule has 2 heterocycles. The maximum absolute atomic E-state index is 12.6. The largest absolute Gasteiger partial charge is 0.493 e. The summed E-state index contributed by atoms with van der Waals surface area (Å²) in [6, 6.07) is 22.9. The molecule has 0 radical (unpaired) electrons. The molecule has 0 aliphatic carbocycles. The van der Waals surface area contributed by atoms with Crippen molar-refractivity contribution < 1.29 is 14.3 Å². The smallest absolute Gasteiger partial charge is 0.248 e. The number of anilines is 1. The summed E-state index contributed by atoms with van der Waals surface area (Å²) in [6.07, 6.45) is 0. The Kier molecular flexibility index (Phi) is 6.16. The fraction of sp³-hybridized carbons (Fsp3) is 0.179. The summed E-state index contributed by atoms with van der Waals surface area (Å²) < 4.78 is 13.4. The molecule has 0 fully saturated rings. The van der Waals surface area contributed by atoms with Crippen molar-refractivity contribution in [3.05, 3.63) is 101 Å². The summed E-state index contributed by atoms with van der Waals surface area (Å²) in [5, 5.41) is 7.96. The van der Waals surface area contributed by atoms with Crippen LogP contribution in [0.5, 0.6) is 11.5 Å². The minimum absolute atomic E-state index is 0.405. The third kappa shape index (κ3) is 4.40. The number of benzene rings is 3. The molecule has 1 aliphatic heterocycles. The number of rotatable bonds is 7. The molecule has 1 amide bonds. The van der Waals surface area contributed by atoms with Crippen molar-refractivity contribution in [2.24, 2.45) is 5.73 Å². The number of carbonyl (C=O) groups excluding carboxylic acids is 1. The molecule has 3 N–H and O–H groups in total. The molecule has 0 saturated carbocycles. The van der Waals surface area contributed by atoms with E-state index in [9.17, 15) is 4.79 Å². The number of hydrogen-bond acceptors (Lipinski definition) is 6. The van der Waals surface area contributed by atoms with Crippen molar-refractivity contribution in [3.8, 4) is 22.9 Å². The number of nitrogens with two attached hydrogens (primary N) is 1. The first kappa shape index (κ1) is 23.2. The van der Waals surface area contributed by atoms with E-state index >= 15 is 0 Å². The van der Waals surface area contributed by atoms with Gasteiger partial charge in [0, 0.05) is 11.3 Å². The van der Waals surface area contributed by atoms with Gasteiger partial charge in [-0.05, 0) is 43.2 Å². The zero-order valence-electron chi connectivity index (χ0n) is 20.4. The van der Waals surface area contributed by atoms with Gasteiger partial charge in [-0.15, -0.1) is 5.10 Å². The molecule has 0 bridgehead atoms. The van der Waals surface area contributed by atoms with E-state index < -0.39 is 11.9 Å². The van der Waals surface area contributed by atoms with Crippen LogP contribution in [0.4, 0.5) is 5.95 Å². The number of fused-ring (bicyclic) bond motifs is 1. The lowest BCUT2D eigenvalue weighted by Crippen LogP contribution is -2.31. The molecule has 1 unspecified atom stereocenters. The topological polar surface area (TPSA) is 104 Å². The van der Waals surface area contributed by atoms with Gasteiger partial charge >= 0.3 is 0 Å². The van der Waals surface area contributed by atoms with Crippen molar-refractivity contribution in [2.75, 3.05) is 12.4 Å². The van der Waals surface area contributed by atoms with Crippen LogP contribution in [0.15, 0.2) is 84.1 Å². The van der Waals surface area contributed by atoms with Gasteiger partial charge in [0.05, 0.1) is 12.7 Å². The van der Waals surface area contributed by atoms with Crippen LogP contribution in [0.1, 0.15) is 29.7 Å². The number of aromatic nitrogens is 3. The van der Waals surface area contributed by atoms with Crippen LogP contribution in [0.3, 0.4) is 0 Å². The fourth-order valence-electron chi connectivity index (χ4n) is 4.39. The molecule has 8 heteroatoms. The first-order valence-corrected chi connectivity index (χ1v) is 11.6. The Balaban J connectivity index is 1.54. The van der Waals surface area contributed by atoms with Crippen molar-refractivity contribution >= 4 is 11.9 Å². The lowest BCUT2D eigenvalue weighted by molar-refractivity contribution is -0.115. The number of carbonyl (C=O) groups is 1. The molecule has 4 aromatic rings. The average molecular weight is 482 g/mol. The minimum atomic E-state index is -0.582. The number of nitrogens with one attached hydrogen (secondary N) is 1. The van der Waals surface area contributed by atoms with E-state index in [4.69, 9.17) is 25.3 Å². The summed E-state index contributed by atoms with van der Waals surface area (Å²) in [7, 11) is 1.59. The molecule has 1 aliphatic rings. The van der Waals surface area contributed by atoms with E-state index in [-0.39, 0.29) is 0 Å². The van der Waals surface area contributed by atoms with Crippen LogP contribution in [0, 0.1) is 6.92 Å². The number of hydrogen-bond donors (Lipinski definition) is 2. The number of nitrogens with zero attached hydrogens (tertiary/aromatic N) is 3. The van der Waals surface area contributed by atoms with E-state index in [0.717, 1.165) is 22.3 Å². The average Bonchev–Trinajstić information content (AvgIpc) is 3.30. The second-order valence-corrected chi connectivity index (χ2v) is 8.69. The van der Waals surface area contributed by atoms with Crippen LogP contribution >= 0.6 is 0 Å². The molecule has 3 aromatic carbocycles. The third-order valence-corrected chi connectivity index (χ3v) is 6.13. The summed E-state index contributed by atoms with van der Waals surface area (Å²) in [4.78, 5) is 17.3. The van der Waals surface area contributed by atoms with Gasteiger partial charge in [-0.1, -0.05) is 60.2 Å². The van der Waals surface area contributed by atoms with Gasteiger partial charge < -0.3 is 20.5 Å². The first-order valence-electron chi connectivity index (χ1n) is 11.6. The van der Waals surface area contributed by atoms with E-state index in [1.54, 1.807) is 11.8 Å². The van der Waals surface area contributed by atoms with Gasteiger partial charge in [-0.2, -0.15) is 4.98 Å². The summed E-state index contributed by atoms with van der Waals surface area (Å²) >= 11 is 0. The molecule has 182 valence electrons. The molecule has 36 heavy (non-hydrogen) atoms. The Morgan fingerprint density at radius 2 is 1.83 bits per heavy atom. The standard InChI is InChI=1S/C28H27N5O3/c1-17-8-7-11-21(14-17)27-31-28-30-18(2)24(26(29)34)25(33(28)32-27)20-12-13-22(23(15-20)35-3)36-16-19-9-5-4-6-10-19/h4-15,25H,16H2,1-3H3,(H2,29,34)(H,30,31,32). The van der Waals surface area contributed by atoms with E-state index in [1.165, 1.54) is 0 Å². The minimum Gasteiger partial charge on any atom is -0.493 e. The Morgan fingerprint density at radius 3 is 2.56 bits per heavy atom. The highest BCUT2D eigenvalue weighted by atomic mass is 16.5. The molecule has 1 atom stereocenters. The number of methoxy groups -OCH3 is 1. The Labute approximate surface area is 209 Å². The van der Waals surface area contributed by atoms with E-state index in [0.29, 0.717) is 41.1 Å². The lowest BCUT2D eigenvalue weighted by atomic mass is 9.95. The zero-order valence-corrected chi connectivity index (χ0v) is 20.4. The normalized spacial score (nSPS) is 14.7. The summed E-state index contributed by atoms with van der Waals surface area (Å²) in [5.74, 6) is 1.69. The van der Waals surface area contributed by atoms with E-state index in [1.807, 2.05) is 86.6 Å². The van der Waals surface area contributed by atoms with Crippen molar-refractivity contribution in [1.29, 1.82) is 0 Å². The Morgan fingerprint density at radius 1 is 1.03 bits per heavy atom. The van der Waals surface area contributed by atoms with Crippen molar-refractivity contribution in [2.45, 2.75) is 26.5 Å². The number of amides is 1. The fourth-order valence-corrected chi connectivity index (χ4v) is 4.39. The number of primary amides is 1. The molecule has 0 saturated heterocycles. The van der Waals surface area contributed by atoms with Crippen LogP contribution < -0.4 is 20.5 Å². The molecular formula is C28H27N5O3. The predicted molar refractivity (Wildman–Crippen MR) is 138 cm³/mol. The quantitative estimate of drug-likeness (QED) is 0.399. The van der Waals surface area contributed by atoms with Crippen molar-refractivity contribution in [3.63, 3.8) is 0 Å². The number of ether oxygens (including phenoxy) is 2. The highest BCUT2D eigenvalue weighted by molar-refractivity contribution is 5.95. The van der Waals surface area contributed by atoms with Gasteiger partial charge in [0.2, 0.25) is 11.9 Å². The highest BCUT2D eigenvalue weighted by Crippen LogP contribution is 2.39. The number of allylic oxidation sites excluding steroid dienone is 1. The lowest BCUT2D eigenvalue weighted by Gasteiger charge is -2.28. The highest BCUT2D eigenvalue weighted by Gasteiger charge is 2.34. The van der Waals surface area contributed by atoms with Gasteiger partial charge in [0.1, 0.15) is 12.6 Å². The second kappa shape index (κ2) is 9.58. The summed E-state index contributed by atoms with van der Waals surface area (Å²) in [6.45, 7) is 4.24. The first-order chi connectivity index (χ1) is 17.4. The maximum atomic E-state index is 12.6. The van der Waals surface area contributed by atoms with Gasteiger partial charge in [0.25, 0.3) is 0 Å². The predicted octanol–water partition coefficient (Wildman–Crippen LogP) is 4.62. The molecule has 8 nitrogen and oxygen atoms in total. The van der Waals surface area contributed by atoms with Gasteiger partial charge in [0.15, 0.2) is 17.3 Å². The molecule has 5 rings (SSSR count). The van der Waals surface area contributed by atoms with Gasteiger partial charge in [-0.25, -0.2) is 4.68 Å². The van der Waals surface area contributed by atoms with Crippen LogP contribution in [0.2, 0.25) is 0 Å². The van der Waals surface area contributed by atoms with Crippen LogP contribution in [-0.4, -0.2) is 27.8 Å². The molecule has 0 spiro atoms. The van der Waals surface area contributed by atoms with Crippen molar-refractivity contribution in [1.82, 2.24) is 14.8 Å². The van der Waals surface area contributed by atoms with Crippen LogP contribution in [0.25, 0.3) is 11.4 Å². The summed E-state index contributed by atoms with van der Waals surface area (Å²) in [5.41, 5.74) is 10.7. The Hall–Kier alpha value is -4.59. The SMILES string of the molecule is COc1cc(C2C(C(N)=O)=C(C)Nc3nc(-c4cccc(C)c4)nn32)ccc1OCc1ccccc1. The van der Waals surface area contributed by atoms with E-state index in [2.05, 4.69) is 5.32 Å².